The minimum Gasteiger partial charge on any atom is -0.322 e. The second-order valence-corrected chi connectivity index (χ2v) is 7.01. The van der Waals surface area contributed by atoms with Crippen molar-refractivity contribution in [1.29, 1.82) is 0 Å². The first-order valence-corrected chi connectivity index (χ1v) is 8.76. The zero-order valence-corrected chi connectivity index (χ0v) is 14.7. The summed E-state index contributed by atoms with van der Waals surface area (Å²) in [7, 11) is 0. The Bertz CT molecular complexity index is 896. The molecule has 0 aliphatic carbocycles. The molecule has 3 aromatic rings. The lowest BCUT2D eigenvalue weighted by molar-refractivity contribution is 0.101. The molecule has 0 atom stereocenters. The number of halogens is 2. The van der Waals surface area contributed by atoms with Crippen molar-refractivity contribution in [2.45, 2.75) is 20.3 Å². The molecule has 1 N–H and O–H groups in total. The van der Waals surface area contributed by atoms with E-state index < -0.39 is 23.1 Å². The lowest BCUT2D eigenvalue weighted by atomic mass is 10.1. The van der Waals surface area contributed by atoms with E-state index in [1.807, 2.05) is 12.1 Å². The van der Waals surface area contributed by atoms with Crippen molar-refractivity contribution in [3.63, 3.8) is 0 Å². The summed E-state index contributed by atoms with van der Waals surface area (Å²) in [5.74, 6) is -2.56. The maximum absolute atomic E-state index is 13.7. The number of aryl methyl sites for hydroxylation is 2. The van der Waals surface area contributed by atoms with E-state index in [4.69, 9.17) is 0 Å². The number of hydrogen-bond donors (Lipinski definition) is 1. The van der Waals surface area contributed by atoms with Crippen LogP contribution in [-0.4, -0.2) is 5.91 Å². The highest BCUT2D eigenvalue weighted by molar-refractivity contribution is 7.12. The molecule has 1 amide bonds. The fourth-order valence-corrected chi connectivity index (χ4v) is 3.65. The van der Waals surface area contributed by atoms with Crippen LogP contribution in [0, 0.1) is 18.6 Å². The Balaban J connectivity index is 1.81. The molecule has 2 nitrogen and oxygen atoms in total. The normalized spacial score (nSPS) is 10.7. The molecule has 128 valence electrons. The van der Waals surface area contributed by atoms with Crippen LogP contribution in [0.25, 0.3) is 11.1 Å². The van der Waals surface area contributed by atoms with Crippen LogP contribution in [0.2, 0.25) is 0 Å². The van der Waals surface area contributed by atoms with Gasteiger partial charge in [-0.3, -0.25) is 4.79 Å². The molecule has 0 saturated carbocycles. The molecular formula is C20H17F2NOS. The van der Waals surface area contributed by atoms with Crippen LogP contribution in [0.1, 0.15) is 27.0 Å². The summed E-state index contributed by atoms with van der Waals surface area (Å²) in [4.78, 5) is 14.7. The van der Waals surface area contributed by atoms with Crippen LogP contribution in [-0.2, 0) is 6.42 Å². The quantitative estimate of drug-likeness (QED) is 0.626. The first-order chi connectivity index (χ1) is 12.0. The SMILES string of the molecule is CCc1cc(-c2ccc(NC(=O)c3c(F)cccc3F)cc2)c(C)s1. The van der Waals surface area contributed by atoms with Crippen LogP contribution in [0.5, 0.6) is 0 Å². The third kappa shape index (κ3) is 3.61. The van der Waals surface area contributed by atoms with Gasteiger partial charge in [0, 0.05) is 15.4 Å². The summed E-state index contributed by atoms with van der Waals surface area (Å²) in [6, 6.07) is 12.8. The molecule has 5 heteroatoms. The number of carbonyl (C=O) groups is 1. The van der Waals surface area contributed by atoms with Gasteiger partial charge in [0.15, 0.2) is 0 Å². The van der Waals surface area contributed by atoms with Gasteiger partial charge in [-0.05, 0) is 54.8 Å². The van der Waals surface area contributed by atoms with Crippen molar-refractivity contribution in [1.82, 2.24) is 0 Å². The minimum atomic E-state index is -0.880. The zero-order chi connectivity index (χ0) is 18.0. The van der Waals surface area contributed by atoms with E-state index in [9.17, 15) is 13.6 Å². The summed E-state index contributed by atoms with van der Waals surface area (Å²) in [5, 5.41) is 2.53. The van der Waals surface area contributed by atoms with Gasteiger partial charge in [0.2, 0.25) is 0 Å². The number of carbonyl (C=O) groups excluding carboxylic acids is 1. The molecule has 0 bridgehead atoms. The van der Waals surface area contributed by atoms with Crippen molar-refractivity contribution < 1.29 is 13.6 Å². The maximum atomic E-state index is 13.7. The molecule has 0 unspecified atom stereocenters. The van der Waals surface area contributed by atoms with E-state index in [2.05, 4.69) is 25.2 Å². The van der Waals surface area contributed by atoms with E-state index in [-0.39, 0.29) is 0 Å². The Morgan fingerprint density at radius 3 is 2.28 bits per heavy atom. The van der Waals surface area contributed by atoms with Crippen molar-refractivity contribution in [2.75, 3.05) is 5.32 Å². The lowest BCUT2D eigenvalue weighted by Crippen LogP contribution is -2.15. The molecule has 0 radical (unpaired) electrons. The molecule has 0 saturated heterocycles. The Hall–Kier alpha value is -2.53. The van der Waals surface area contributed by atoms with Crippen molar-refractivity contribution >= 4 is 22.9 Å². The lowest BCUT2D eigenvalue weighted by Gasteiger charge is -2.08. The van der Waals surface area contributed by atoms with E-state index in [1.54, 1.807) is 23.5 Å². The highest BCUT2D eigenvalue weighted by Gasteiger charge is 2.17. The molecule has 0 spiro atoms. The largest absolute Gasteiger partial charge is 0.322 e. The topological polar surface area (TPSA) is 29.1 Å². The standard InChI is InChI=1S/C20H17F2NOS/c1-3-15-11-16(12(2)25-15)13-7-9-14(10-8-13)23-20(24)19-17(21)5-4-6-18(19)22/h4-11H,3H2,1-2H3,(H,23,24). The Kier molecular flexibility index (Phi) is 4.95. The first kappa shape index (κ1) is 17.3. The summed E-state index contributed by atoms with van der Waals surface area (Å²) < 4.78 is 27.3. The van der Waals surface area contributed by atoms with Gasteiger partial charge in [-0.25, -0.2) is 8.78 Å². The average Bonchev–Trinajstić information content (AvgIpc) is 2.96. The molecule has 1 aromatic heterocycles. The number of nitrogens with one attached hydrogen (secondary N) is 1. The molecule has 2 aromatic carbocycles. The number of rotatable bonds is 4. The van der Waals surface area contributed by atoms with Gasteiger partial charge in [0.1, 0.15) is 17.2 Å². The molecule has 25 heavy (non-hydrogen) atoms. The molecular weight excluding hydrogens is 340 g/mol. The van der Waals surface area contributed by atoms with Crippen LogP contribution in [0.3, 0.4) is 0 Å². The molecule has 0 aliphatic rings. The Morgan fingerprint density at radius 2 is 1.72 bits per heavy atom. The van der Waals surface area contributed by atoms with Gasteiger partial charge in [0.25, 0.3) is 5.91 Å². The summed E-state index contributed by atoms with van der Waals surface area (Å²) in [6.07, 6.45) is 0.994. The van der Waals surface area contributed by atoms with Gasteiger partial charge in [-0.1, -0.05) is 25.1 Å². The molecule has 3 rings (SSSR count). The highest BCUT2D eigenvalue weighted by atomic mass is 32.1. The highest BCUT2D eigenvalue weighted by Crippen LogP contribution is 2.32. The van der Waals surface area contributed by atoms with Crippen LogP contribution < -0.4 is 5.32 Å². The van der Waals surface area contributed by atoms with E-state index in [0.29, 0.717) is 5.69 Å². The van der Waals surface area contributed by atoms with E-state index >= 15 is 0 Å². The fourth-order valence-electron chi connectivity index (χ4n) is 2.65. The summed E-state index contributed by atoms with van der Waals surface area (Å²) >= 11 is 1.77. The third-order valence-corrected chi connectivity index (χ3v) is 5.16. The van der Waals surface area contributed by atoms with Gasteiger partial charge in [-0.2, -0.15) is 0 Å². The number of benzene rings is 2. The Labute approximate surface area is 149 Å². The third-order valence-electron chi connectivity index (χ3n) is 3.96. The van der Waals surface area contributed by atoms with Crippen LogP contribution >= 0.6 is 11.3 Å². The van der Waals surface area contributed by atoms with Crippen molar-refractivity contribution in [3.8, 4) is 11.1 Å². The van der Waals surface area contributed by atoms with Gasteiger partial charge in [0.05, 0.1) is 0 Å². The molecule has 0 aliphatic heterocycles. The number of hydrogen-bond acceptors (Lipinski definition) is 2. The van der Waals surface area contributed by atoms with Crippen LogP contribution in [0.4, 0.5) is 14.5 Å². The minimum absolute atomic E-state index is 0.486. The van der Waals surface area contributed by atoms with Gasteiger partial charge in [-0.15, -0.1) is 11.3 Å². The Morgan fingerprint density at radius 1 is 1.08 bits per heavy atom. The number of amides is 1. The predicted octanol–water partition coefficient (Wildman–Crippen LogP) is 5.82. The van der Waals surface area contributed by atoms with Crippen LogP contribution in [0.15, 0.2) is 48.5 Å². The predicted molar refractivity (Wildman–Crippen MR) is 98.2 cm³/mol. The average molecular weight is 357 g/mol. The number of anilines is 1. The zero-order valence-electron chi connectivity index (χ0n) is 13.9. The van der Waals surface area contributed by atoms with Gasteiger partial charge < -0.3 is 5.32 Å². The second kappa shape index (κ2) is 7.15. The number of thiophene rings is 1. The van der Waals surface area contributed by atoms with Crippen molar-refractivity contribution in [3.05, 3.63) is 75.5 Å². The first-order valence-electron chi connectivity index (χ1n) is 7.94. The summed E-state index contributed by atoms with van der Waals surface area (Å²) in [5.41, 5.74) is 2.12. The summed E-state index contributed by atoms with van der Waals surface area (Å²) in [6.45, 7) is 4.20. The maximum Gasteiger partial charge on any atom is 0.261 e. The smallest absolute Gasteiger partial charge is 0.261 e. The van der Waals surface area contributed by atoms with E-state index in [0.717, 1.165) is 24.1 Å². The monoisotopic (exact) mass is 357 g/mol. The van der Waals surface area contributed by atoms with E-state index in [1.165, 1.54) is 21.4 Å². The van der Waals surface area contributed by atoms with Crippen molar-refractivity contribution in [2.24, 2.45) is 0 Å². The molecule has 1 heterocycles. The van der Waals surface area contributed by atoms with Gasteiger partial charge >= 0.3 is 0 Å². The molecule has 0 fully saturated rings. The second-order valence-electron chi connectivity index (χ2n) is 5.66. The fraction of sp³-hybridized carbons (Fsp3) is 0.150.